The Bertz CT molecular complexity index is 769. The average molecular weight is 348 g/mol. The van der Waals surface area contributed by atoms with Gasteiger partial charge in [-0.25, -0.2) is 4.98 Å². The minimum atomic E-state index is 0.0395. The molecule has 1 aromatic heterocycles. The van der Waals surface area contributed by atoms with Gasteiger partial charge in [0.1, 0.15) is 5.75 Å². The molecule has 2 aromatic rings. The van der Waals surface area contributed by atoms with Crippen LogP contribution in [0, 0.1) is 0 Å². The molecule has 6 heteroatoms. The highest BCUT2D eigenvalue weighted by Gasteiger charge is 2.27. The standard InChI is InChI=1S/C17H20N2O2S2/c1-10(2)22-17-18-14-9-11(3)23-15(14)16(20)19(17)12-5-7-13(21-4)8-6-12/h5-8,10-11H,9H2,1-4H3/t11-/m0/s1. The number of hydrogen-bond acceptors (Lipinski definition) is 5. The van der Waals surface area contributed by atoms with E-state index in [0.29, 0.717) is 10.5 Å². The zero-order chi connectivity index (χ0) is 16.6. The smallest absolute Gasteiger partial charge is 0.272 e. The first-order chi connectivity index (χ1) is 11.0. The summed E-state index contributed by atoms with van der Waals surface area (Å²) < 4.78 is 6.94. The summed E-state index contributed by atoms with van der Waals surface area (Å²) in [6, 6.07) is 7.55. The van der Waals surface area contributed by atoms with Crippen LogP contribution in [0.2, 0.25) is 0 Å². The van der Waals surface area contributed by atoms with Crippen molar-refractivity contribution in [1.29, 1.82) is 0 Å². The number of thioether (sulfide) groups is 2. The molecule has 0 fully saturated rings. The van der Waals surface area contributed by atoms with E-state index in [1.807, 2.05) is 24.3 Å². The minimum absolute atomic E-state index is 0.0395. The van der Waals surface area contributed by atoms with Crippen LogP contribution in [0.3, 0.4) is 0 Å². The summed E-state index contributed by atoms with van der Waals surface area (Å²) in [6.07, 6.45) is 0.865. The lowest BCUT2D eigenvalue weighted by Crippen LogP contribution is -2.24. The Balaban J connectivity index is 2.16. The van der Waals surface area contributed by atoms with E-state index in [4.69, 9.17) is 9.72 Å². The van der Waals surface area contributed by atoms with E-state index in [1.54, 1.807) is 35.2 Å². The molecule has 0 aliphatic carbocycles. The van der Waals surface area contributed by atoms with Crippen molar-refractivity contribution in [2.24, 2.45) is 0 Å². The van der Waals surface area contributed by atoms with Crippen molar-refractivity contribution in [3.05, 3.63) is 40.3 Å². The zero-order valence-electron chi connectivity index (χ0n) is 13.7. The summed E-state index contributed by atoms with van der Waals surface area (Å²) in [5, 5.41) is 1.54. The van der Waals surface area contributed by atoms with Crippen LogP contribution in [-0.4, -0.2) is 27.2 Å². The van der Waals surface area contributed by atoms with Crippen LogP contribution < -0.4 is 10.3 Å². The summed E-state index contributed by atoms with van der Waals surface area (Å²) in [7, 11) is 1.64. The highest BCUT2D eigenvalue weighted by molar-refractivity contribution is 8.00. The van der Waals surface area contributed by atoms with Crippen LogP contribution >= 0.6 is 23.5 Å². The maximum absolute atomic E-state index is 13.0. The van der Waals surface area contributed by atoms with E-state index in [1.165, 1.54) is 0 Å². The normalized spacial score (nSPS) is 16.7. The number of rotatable bonds is 4. The molecule has 0 N–H and O–H groups in total. The fourth-order valence-corrected chi connectivity index (χ4v) is 4.53. The minimum Gasteiger partial charge on any atom is -0.497 e. The molecule has 0 saturated carbocycles. The molecular weight excluding hydrogens is 328 g/mol. The fraction of sp³-hybridized carbons (Fsp3) is 0.412. The van der Waals surface area contributed by atoms with Gasteiger partial charge < -0.3 is 4.74 Å². The average Bonchev–Trinajstić information content (AvgIpc) is 2.88. The molecular formula is C17H20N2O2S2. The van der Waals surface area contributed by atoms with Crippen molar-refractivity contribution >= 4 is 23.5 Å². The molecule has 2 heterocycles. The van der Waals surface area contributed by atoms with Crippen molar-refractivity contribution in [2.75, 3.05) is 7.11 Å². The molecule has 23 heavy (non-hydrogen) atoms. The van der Waals surface area contributed by atoms with Gasteiger partial charge in [0.25, 0.3) is 5.56 Å². The van der Waals surface area contributed by atoms with E-state index in [9.17, 15) is 4.79 Å². The largest absolute Gasteiger partial charge is 0.497 e. The third kappa shape index (κ3) is 3.28. The molecule has 1 aromatic carbocycles. The molecule has 4 nitrogen and oxygen atoms in total. The van der Waals surface area contributed by atoms with Gasteiger partial charge in [-0.15, -0.1) is 11.8 Å². The van der Waals surface area contributed by atoms with Crippen LogP contribution in [0.5, 0.6) is 5.75 Å². The Kier molecular flexibility index (Phi) is 4.73. The number of ether oxygens (including phenoxy) is 1. The molecule has 3 rings (SSSR count). The first-order valence-corrected chi connectivity index (χ1v) is 9.39. The molecule has 0 unspecified atom stereocenters. The van der Waals surface area contributed by atoms with Gasteiger partial charge in [-0.1, -0.05) is 32.5 Å². The van der Waals surface area contributed by atoms with Crippen LogP contribution in [0.4, 0.5) is 0 Å². The van der Waals surface area contributed by atoms with Crippen molar-refractivity contribution in [3.8, 4) is 11.4 Å². The van der Waals surface area contributed by atoms with E-state index < -0.39 is 0 Å². The van der Waals surface area contributed by atoms with Crippen molar-refractivity contribution in [2.45, 2.75) is 47.7 Å². The van der Waals surface area contributed by atoms with Crippen LogP contribution in [0.25, 0.3) is 5.69 Å². The van der Waals surface area contributed by atoms with Crippen molar-refractivity contribution in [1.82, 2.24) is 9.55 Å². The van der Waals surface area contributed by atoms with Crippen LogP contribution in [0.1, 0.15) is 26.5 Å². The highest BCUT2D eigenvalue weighted by Crippen LogP contribution is 2.35. The lowest BCUT2D eigenvalue weighted by Gasteiger charge is -2.15. The van der Waals surface area contributed by atoms with Gasteiger partial charge in [0.2, 0.25) is 0 Å². The molecule has 122 valence electrons. The number of hydrogen-bond donors (Lipinski definition) is 0. The maximum Gasteiger partial charge on any atom is 0.272 e. The zero-order valence-corrected chi connectivity index (χ0v) is 15.3. The Labute approximate surface area is 144 Å². The predicted molar refractivity (Wildman–Crippen MR) is 96.4 cm³/mol. The van der Waals surface area contributed by atoms with Crippen LogP contribution in [-0.2, 0) is 6.42 Å². The fourth-order valence-electron chi connectivity index (χ4n) is 2.55. The van der Waals surface area contributed by atoms with Gasteiger partial charge in [-0.05, 0) is 24.3 Å². The first kappa shape index (κ1) is 16.5. The van der Waals surface area contributed by atoms with E-state index in [-0.39, 0.29) is 5.56 Å². The summed E-state index contributed by atoms with van der Waals surface area (Å²) in [5.41, 5.74) is 1.81. The maximum atomic E-state index is 13.0. The van der Waals surface area contributed by atoms with Gasteiger partial charge in [-0.3, -0.25) is 9.36 Å². The molecule has 1 aliphatic heterocycles. The monoisotopic (exact) mass is 348 g/mol. The Hall–Kier alpha value is -1.40. The second-order valence-corrected chi connectivity index (χ2v) is 8.80. The number of nitrogens with zero attached hydrogens (tertiary/aromatic N) is 2. The second kappa shape index (κ2) is 6.61. The quantitative estimate of drug-likeness (QED) is 0.621. The summed E-state index contributed by atoms with van der Waals surface area (Å²) >= 11 is 3.25. The van der Waals surface area contributed by atoms with Gasteiger partial charge in [-0.2, -0.15) is 0 Å². The van der Waals surface area contributed by atoms with Gasteiger partial charge >= 0.3 is 0 Å². The molecule has 1 aliphatic rings. The Morgan fingerprint density at radius 3 is 2.65 bits per heavy atom. The summed E-state index contributed by atoms with van der Waals surface area (Å²) in [4.78, 5) is 18.6. The van der Waals surface area contributed by atoms with Gasteiger partial charge in [0.15, 0.2) is 5.16 Å². The van der Waals surface area contributed by atoms with Crippen molar-refractivity contribution < 1.29 is 4.74 Å². The van der Waals surface area contributed by atoms with E-state index in [2.05, 4.69) is 20.8 Å². The Morgan fingerprint density at radius 2 is 2.04 bits per heavy atom. The van der Waals surface area contributed by atoms with E-state index in [0.717, 1.165) is 33.6 Å². The number of methoxy groups -OCH3 is 1. The number of aromatic nitrogens is 2. The summed E-state index contributed by atoms with van der Waals surface area (Å²) in [5.74, 6) is 0.775. The molecule has 0 saturated heterocycles. The molecule has 0 spiro atoms. The van der Waals surface area contributed by atoms with Gasteiger partial charge in [0.05, 0.1) is 23.4 Å². The molecule has 0 radical (unpaired) electrons. The first-order valence-electron chi connectivity index (χ1n) is 7.63. The lowest BCUT2D eigenvalue weighted by atomic mass is 10.2. The predicted octanol–water partition coefficient (Wildman–Crippen LogP) is 3.78. The number of fused-ring (bicyclic) bond motifs is 1. The van der Waals surface area contributed by atoms with Crippen LogP contribution in [0.15, 0.2) is 39.1 Å². The number of benzene rings is 1. The third-order valence-corrected chi connectivity index (χ3v) is 5.72. The van der Waals surface area contributed by atoms with E-state index >= 15 is 0 Å². The topological polar surface area (TPSA) is 44.1 Å². The van der Waals surface area contributed by atoms with Crippen molar-refractivity contribution in [3.63, 3.8) is 0 Å². The highest BCUT2D eigenvalue weighted by atomic mass is 32.2. The second-order valence-electron chi connectivity index (χ2n) is 5.81. The molecule has 0 bridgehead atoms. The van der Waals surface area contributed by atoms with Gasteiger partial charge in [0, 0.05) is 16.9 Å². The molecule has 1 atom stereocenters. The SMILES string of the molecule is COc1ccc(-n2c(SC(C)C)nc3c(c2=O)S[C@@H](C)C3)cc1. The Morgan fingerprint density at radius 1 is 1.35 bits per heavy atom. The summed E-state index contributed by atoms with van der Waals surface area (Å²) in [6.45, 7) is 6.36. The molecule has 0 amide bonds. The lowest BCUT2D eigenvalue weighted by molar-refractivity contribution is 0.414. The third-order valence-electron chi connectivity index (χ3n) is 3.55.